The van der Waals surface area contributed by atoms with E-state index in [0.717, 1.165) is 62.0 Å². The van der Waals surface area contributed by atoms with Crippen molar-refractivity contribution >= 4 is 29.7 Å². The summed E-state index contributed by atoms with van der Waals surface area (Å²) in [7, 11) is 2.17. The minimum atomic E-state index is 0.866. The number of aliphatic imine (C=N–C) groups is 1. The van der Waals surface area contributed by atoms with Crippen LogP contribution >= 0.6 is 0 Å². The summed E-state index contributed by atoms with van der Waals surface area (Å²) in [6.45, 7) is 19.2. The average molecular weight is 432 g/mol. The molecular weight excluding hydrogens is 388 g/mol. The Hall–Kier alpha value is -1.72. The molecule has 30 heavy (non-hydrogen) atoms. The van der Waals surface area contributed by atoms with E-state index in [2.05, 4.69) is 98.5 Å². The molecular formula is C25H43N4S+. The molecule has 0 spiro atoms. The standard InChI is InChI=1S/C23H36N4S.C2H6/c1-6-26(7-2)17-16-25(5)20-12-10-19(11-13-20)24-22-15-14-21(18-23(22)28)27(8-3)9-4;1-2/h10,12-15,18,28H,6-9,11,16-17H2,1-5H3;1-2H3/p+1. The summed E-state index contributed by atoms with van der Waals surface area (Å²) in [6.07, 6.45) is 7.47. The zero-order chi connectivity index (χ0) is 22.5. The quantitative estimate of drug-likeness (QED) is 0.480. The van der Waals surface area contributed by atoms with Gasteiger partial charge in [-0.3, -0.25) is 0 Å². The third-order valence-corrected chi connectivity index (χ3v) is 5.83. The number of benzene rings is 1. The van der Waals surface area contributed by atoms with Gasteiger partial charge in [-0.1, -0.05) is 33.8 Å². The summed E-state index contributed by atoms with van der Waals surface area (Å²) >= 11 is 3.75. The average Bonchev–Trinajstić information content (AvgIpc) is 2.79. The number of hydrogen-bond acceptors (Lipinski definition) is 4. The molecule has 0 saturated heterocycles. The number of anilines is 1. The van der Waals surface area contributed by atoms with Crippen molar-refractivity contribution in [1.82, 2.24) is 9.80 Å². The van der Waals surface area contributed by atoms with Crippen LogP contribution in [0.15, 0.2) is 52.0 Å². The minimum Gasteiger partial charge on any atom is -0.374 e. The van der Waals surface area contributed by atoms with Crippen LogP contribution in [-0.4, -0.2) is 61.8 Å². The first-order valence-electron chi connectivity index (χ1n) is 11.5. The van der Waals surface area contributed by atoms with Gasteiger partial charge in [0.25, 0.3) is 0 Å². The predicted molar refractivity (Wildman–Crippen MR) is 139 cm³/mol. The molecule has 0 aromatic heterocycles. The van der Waals surface area contributed by atoms with Crippen molar-refractivity contribution in [3.8, 4) is 0 Å². The molecule has 1 aliphatic rings. The Morgan fingerprint density at radius 3 is 2.10 bits per heavy atom. The normalized spacial score (nSPS) is 14.4. The van der Waals surface area contributed by atoms with Crippen molar-refractivity contribution in [1.29, 1.82) is 0 Å². The summed E-state index contributed by atoms with van der Waals surface area (Å²) < 4.78 is 0. The largest absolute Gasteiger partial charge is 0.374 e. The van der Waals surface area contributed by atoms with E-state index in [9.17, 15) is 0 Å². The highest BCUT2D eigenvalue weighted by molar-refractivity contribution is 7.59. The molecule has 0 atom stereocenters. The highest BCUT2D eigenvalue weighted by Crippen LogP contribution is 2.26. The topological polar surface area (TPSA) is 22.1 Å². The lowest BCUT2D eigenvalue weighted by Crippen LogP contribution is -2.32. The molecule has 0 N–H and O–H groups in total. The van der Waals surface area contributed by atoms with Gasteiger partial charge in [0.2, 0.25) is 0 Å². The molecule has 4 nitrogen and oxygen atoms in total. The Bertz CT molecular complexity index is 716. The molecule has 0 saturated carbocycles. The molecule has 168 valence electrons. The Labute approximate surface area is 190 Å². The van der Waals surface area contributed by atoms with Gasteiger partial charge in [0.1, 0.15) is 5.69 Å². The predicted octanol–water partition coefficient (Wildman–Crippen LogP) is 5.12. The van der Waals surface area contributed by atoms with Gasteiger partial charge in [0.15, 0.2) is 4.90 Å². The minimum absolute atomic E-state index is 0.866. The van der Waals surface area contributed by atoms with Crippen LogP contribution in [0, 0.1) is 0 Å². The third-order valence-electron chi connectivity index (χ3n) is 5.43. The molecule has 1 aromatic carbocycles. The first-order chi connectivity index (χ1) is 14.5. The molecule has 0 aliphatic heterocycles. The number of rotatable bonds is 10. The van der Waals surface area contributed by atoms with Gasteiger partial charge >= 0.3 is 0 Å². The van der Waals surface area contributed by atoms with E-state index in [4.69, 9.17) is 4.99 Å². The van der Waals surface area contributed by atoms with Crippen LogP contribution in [0.5, 0.6) is 0 Å². The Morgan fingerprint density at radius 1 is 0.933 bits per heavy atom. The molecule has 0 bridgehead atoms. The number of hydrogen-bond donors (Lipinski definition) is 0. The SMILES string of the molecule is CC.CCN(CC)CCN(C)C1=CCC(=Nc2ccc(N(CC)CC)cc2[SH2+])C=C1. The first kappa shape index (κ1) is 26.3. The van der Waals surface area contributed by atoms with Gasteiger partial charge in [-0.25, -0.2) is 4.99 Å². The maximum Gasteiger partial charge on any atom is 0.178 e. The Morgan fingerprint density at radius 2 is 1.60 bits per heavy atom. The lowest BCUT2D eigenvalue weighted by molar-refractivity contribution is 0.267. The zero-order valence-corrected chi connectivity index (χ0v) is 21.2. The molecule has 1 aliphatic carbocycles. The summed E-state index contributed by atoms with van der Waals surface area (Å²) in [6, 6.07) is 6.43. The summed E-state index contributed by atoms with van der Waals surface area (Å²) in [5, 5.41) is 0. The lowest BCUT2D eigenvalue weighted by atomic mass is 10.1. The van der Waals surface area contributed by atoms with Crippen LogP contribution in [0.1, 0.15) is 48.0 Å². The van der Waals surface area contributed by atoms with Crippen LogP contribution in [0.25, 0.3) is 0 Å². The monoisotopic (exact) mass is 431 g/mol. The molecule has 0 heterocycles. The highest BCUT2D eigenvalue weighted by Gasteiger charge is 2.11. The molecule has 1 aromatic rings. The van der Waals surface area contributed by atoms with Gasteiger partial charge in [0.05, 0.1) is 0 Å². The van der Waals surface area contributed by atoms with E-state index in [-0.39, 0.29) is 0 Å². The van der Waals surface area contributed by atoms with Gasteiger partial charge in [-0.2, -0.15) is 0 Å². The van der Waals surface area contributed by atoms with E-state index in [0.29, 0.717) is 0 Å². The van der Waals surface area contributed by atoms with Crippen LogP contribution in [0.4, 0.5) is 11.4 Å². The summed E-state index contributed by atoms with van der Waals surface area (Å²) in [4.78, 5) is 13.0. The van der Waals surface area contributed by atoms with E-state index in [1.807, 2.05) is 13.8 Å². The molecule has 0 unspecified atom stereocenters. The second kappa shape index (κ2) is 14.3. The van der Waals surface area contributed by atoms with E-state index in [1.54, 1.807) is 0 Å². The maximum absolute atomic E-state index is 4.86. The van der Waals surface area contributed by atoms with Crippen molar-refractivity contribution in [2.75, 3.05) is 51.2 Å². The second-order valence-corrected chi connectivity index (χ2v) is 7.63. The lowest BCUT2D eigenvalue weighted by Gasteiger charge is -2.26. The molecule has 2 rings (SSSR count). The summed E-state index contributed by atoms with van der Waals surface area (Å²) in [5.41, 5.74) is 4.59. The molecule has 0 fully saturated rings. The third kappa shape index (κ3) is 7.84. The van der Waals surface area contributed by atoms with Gasteiger partial charge in [0, 0.05) is 62.8 Å². The van der Waals surface area contributed by atoms with E-state index in [1.165, 1.54) is 11.4 Å². The Balaban J connectivity index is 0.00000218. The fourth-order valence-electron chi connectivity index (χ4n) is 3.41. The van der Waals surface area contributed by atoms with Gasteiger partial charge < -0.3 is 14.7 Å². The highest BCUT2D eigenvalue weighted by atomic mass is 32.1. The van der Waals surface area contributed by atoms with Crippen molar-refractivity contribution in [2.45, 2.75) is 52.9 Å². The smallest absolute Gasteiger partial charge is 0.178 e. The van der Waals surface area contributed by atoms with Crippen molar-refractivity contribution in [3.05, 3.63) is 42.1 Å². The van der Waals surface area contributed by atoms with Gasteiger partial charge in [-0.05, 0) is 63.9 Å². The van der Waals surface area contributed by atoms with E-state index < -0.39 is 0 Å². The number of nitrogens with zero attached hydrogens (tertiary/aromatic N) is 4. The number of likely N-dealkylation sites (N-methyl/N-ethyl adjacent to an activating group) is 2. The molecule has 0 amide bonds. The van der Waals surface area contributed by atoms with Crippen LogP contribution < -0.4 is 4.90 Å². The fraction of sp³-hybridized carbons (Fsp3) is 0.560. The van der Waals surface area contributed by atoms with Crippen LogP contribution in [-0.2, 0) is 12.6 Å². The van der Waals surface area contributed by atoms with Gasteiger partial charge in [-0.15, -0.1) is 0 Å². The second-order valence-electron chi connectivity index (χ2n) is 7.09. The zero-order valence-electron chi connectivity index (χ0n) is 20.2. The maximum atomic E-state index is 4.86. The van der Waals surface area contributed by atoms with Crippen molar-refractivity contribution in [2.24, 2.45) is 4.99 Å². The fourth-order valence-corrected chi connectivity index (χ4v) is 3.70. The van der Waals surface area contributed by atoms with Crippen molar-refractivity contribution in [3.63, 3.8) is 0 Å². The van der Waals surface area contributed by atoms with E-state index >= 15 is 0 Å². The Kier molecular flexibility index (Phi) is 12.6. The van der Waals surface area contributed by atoms with Crippen LogP contribution in [0.2, 0.25) is 0 Å². The number of allylic oxidation sites excluding steroid dienone is 3. The molecule has 0 radical (unpaired) electrons. The summed E-state index contributed by atoms with van der Waals surface area (Å²) in [5.74, 6) is 0. The molecule has 5 heteroatoms. The van der Waals surface area contributed by atoms with Crippen molar-refractivity contribution < 1.29 is 0 Å². The van der Waals surface area contributed by atoms with Crippen LogP contribution in [0.3, 0.4) is 0 Å². The first-order valence-corrected chi connectivity index (χ1v) is 12.0.